The van der Waals surface area contributed by atoms with Crippen molar-refractivity contribution < 1.29 is 9.50 Å². The highest BCUT2D eigenvalue weighted by Gasteiger charge is 1.92. The second-order valence-corrected chi connectivity index (χ2v) is 2.21. The van der Waals surface area contributed by atoms with E-state index in [1.807, 2.05) is 27.7 Å². The first kappa shape index (κ1) is 16.5. The molecule has 88 valence electrons. The second-order valence-electron chi connectivity index (χ2n) is 2.21. The van der Waals surface area contributed by atoms with E-state index in [0.29, 0.717) is 6.54 Å². The lowest BCUT2D eigenvalue weighted by Crippen LogP contribution is -2.13. The van der Waals surface area contributed by atoms with Crippen molar-refractivity contribution in [3.8, 4) is 0 Å². The van der Waals surface area contributed by atoms with E-state index in [0.717, 1.165) is 5.56 Å². The Morgan fingerprint density at radius 3 is 2.27 bits per heavy atom. The van der Waals surface area contributed by atoms with Gasteiger partial charge in [0.1, 0.15) is 5.82 Å². The molecule has 2 nitrogen and oxygen atoms in total. The van der Waals surface area contributed by atoms with Crippen LogP contribution in [-0.2, 0) is 6.54 Å². The number of rotatable bonds is 3. The zero-order valence-electron chi connectivity index (χ0n) is 10.0. The minimum Gasteiger partial charge on any atom is -0.381 e. The van der Waals surface area contributed by atoms with Crippen LogP contribution in [0, 0.1) is 5.82 Å². The summed E-state index contributed by atoms with van der Waals surface area (Å²) in [6, 6.07) is 6.26. The lowest BCUT2D eigenvalue weighted by molar-refractivity contribution is 0.259. The first-order valence-corrected chi connectivity index (χ1v) is 5.39. The van der Waals surface area contributed by atoms with Gasteiger partial charge in [0.05, 0.1) is 6.73 Å². The lowest BCUT2D eigenvalue weighted by Gasteiger charge is -2.00. The molecule has 0 atom stereocenters. The minimum atomic E-state index is -0.248. The summed E-state index contributed by atoms with van der Waals surface area (Å²) in [5.74, 6) is -0.248. The Balaban J connectivity index is 0. The van der Waals surface area contributed by atoms with E-state index in [9.17, 15) is 4.39 Å². The number of aliphatic hydroxyl groups excluding tert-OH is 1. The normalized spacial score (nSPS) is 8.13. The van der Waals surface area contributed by atoms with E-state index < -0.39 is 0 Å². The molecule has 0 spiro atoms. The number of benzene rings is 1. The molecule has 0 bridgehead atoms. The molecular weight excluding hydrogens is 193 g/mol. The smallest absolute Gasteiger partial charge is 0.123 e. The predicted molar refractivity (Wildman–Crippen MR) is 63.0 cm³/mol. The predicted octanol–water partition coefficient (Wildman–Crippen LogP) is 2.92. The summed E-state index contributed by atoms with van der Waals surface area (Å²) < 4.78 is 12.5. The molecule has 0 saturated carbocycles. The number of halogens is 1. The highest BCUT2D eigenvalue weighted by atomic mass is 19.1. The Hall–Kier alpha value is -0.930. The van der Waals surface area contributed by atoms with E-state index in [2.05, 4.69) is 5.32 Å². The van der Waals surface area contributed by atoms with Crippen LogP contribution in [0.2, 0.25) is 0 Å². The molecule has 0 radical (unpaired) electrons. The highest BCUT2D eigenvalue weighted by Crippen LogP contribution is 2.02. The van der Waals surface area contributed by atoms with E-state index >= 15 is 0 Å². The topological polar surface area (TPSA) is 32.3 Å². The van der Waals surface area contributed by atoms with Crippen LogP contribution in [0.15, 0.2) is 24.3 Å². The summed E-state index contributed by atoms with van der Waals surface area (Å²) in [5, 5.41) is 11.1. The van der Waals surface area contributed by atoms with Crippen molar-refractivity contribution in [2.45, 2.75) is 34.2 Å². The first-order chi connectivity index (χ1) is 7.33. The average molecular weight is 215 g/mol. The average Bonchev–Trinajstić information content (AvgIpc) is 2.32. The van der Waals surface area contributed by atoms with Crippen molar-refractivity contribution in [2.75, 3.05) is 6.73 Å². The van der Waals surface area contributed by atoms with Gasteiger partial charge in [-0.25, -0.2) is 4.39 Å². The summed E-state index contributed by atoms with van der Waals surface area (Å²) in [5.41, 5.74) is 0.832. The van der Waals surface area contributed by atoms with Gasteiger partial charge in [0, 0.05) is 6.54 Å². The van der Waals surface area contributed by atoms with Crippen molar-refractivity contribution in [3.63, 3.8) is 0 Å². The summed E-state index contributed by atoms with van der Waals surface area (Å²) in [4.78, 5) is 0. The van der Waals surface area contributed by atoms with Gasteiger partial charge in [0.2, 0.25) is 0 Å². The van der Waals surface area contributed by atoms with E-state index in [1.165, 1.54) is 12.1 Å². The van der Waals surface area contributed by atoms with E-state index in [-0.39, 0.29) is 12.5 Å². The van der Waals surface area contributed by atoms with Gasteiger partial charge in [-0.2, -0.15) is 0 Å². The van der Waals surface area contributed by atoms with Gasteiger partial charge in [-0.05, 0) is 17.7 Å². The summed E-state index contributed by atoms with van der Waals surface area (Å²) in [6.45, 7) is 8.41. The second kappa shape index (κ2) is 13.1. The summed E-state index contributed by atoms with van der Waals surface area (Å²) >= 11 is 0. The van der Waals surface area contributed by atoms with Crippen molar-refractivity contribution >= 4 is 0 Å². The van der Waals surface area contributed by atoms with Crippen molar-refractivity contribution in [1.82, 2.24) is 5.32 Å². The van der Waals surface area contributed by atoms with Crippen molar-refractivity contribution in [3.05, 3.63) is 35.6 Å². The maximum atomic E-state index is 12.5. The Morgan fingerprint density at radius 1 is 1.20 bits per heavy atom. The zero-order valence-corrected chi connectivity index (χ0v) is 10.0. The van der Waals surface area contributed by atoms with Gasteiger partial charge >= 0.3 is 0 Å². The van der Waals surface area contributed by atoms with Crippen LogP contribution < -0.4 is 5.32 Å². The van der Waals surface area contributed by atoms with Crippen LogP contribution in [0.1, 0.15) is 33.3 Å². The quantitative estimate of drug-likeness (QED) is 0.760. The molecule has 1 aromatic carbocycles. The van der Waals surface area contributed by atoms with E-state index in [1.54, 1.807) is 12.1 Å². The molecule has 3 heteroatoms. The van der Waals surface area contributed by atoms with Gasteiger partial charge in [-0.15, -0.1) is 0 Å². The zero-order chi connectivity index (χ0) is 12.1. The first-order valence-electron chi connectivity index (χ1n) is 5.39. The van der Waals surface area contributed by atoms with Crippen LogP contribution in [-0.4, -0.2) is 11.8 Å². The van der Waals surface area contributed by atoms with Crippen LogP contribution in [0.3, 0.4) is 0 Å². The highest BCUT2D eigenvalue weighted by molar-refractivity contribution is 5.15. The number of nitrogens with one attached hydrogen (secondary N) is 1. The molecule has 0 amide bonds. The molecule has 0 aliphatic rings. The number of aliphatic hydroxyl groups is 1. The molecule has 0 fully saturated rings. The molecule has 1 aromatic rings. The Labute approximate surface area is 92.1 Å². The van der Waals surface area contributed by atoms with Crippen molar-refractivity contribution in [1.29, 1.82) is 0 Å². The SMILES string of the molecule is CC.CC.OCNCc1cccc(F)c1. The lowest BCUT2D eigenvalue weighted by atomic mass is 10.2. The van der Waals surface area contributed by atoms with Gasteiger partial charge in [0.15, 0.2) is 0 Å². The molecule has 0 heterocycles. The number of hydrogen-bond donors (Lipinski definition) is 2. The van der Waals surface area contributed by atoms with Gasteiger partial charge in [-0.3, -0.25) is 5.32 Å². The van der Waals surface area contributed by atoms with Crippen LogP contribution in [0.5, 0.6) is 0 Å². The standard InChI is InChI=1S/C8H10FNO.2C2H6/c9-8-3-1-2-7(4-8)5-10-6-11;2*1-2/h1-4,10-11H,5-6H2;2*1-2H3. The summed E-state index contributed by atoms with van der Waals surface area (Å²) in [6.07, 6.45) is 0. The van der Waals surface area contributed by atoms with Gasteiger partial charge < -0.3 is 5.11 Å². The third-order valence-electron chi connectivity index (χ3n) is 1.33. The fourth-order valence-electron chi connectivity index (χ4n) is 0.847. The van der Waals surface area contributed by atoms with Crippen LogP contribution in [0.4, 0.5) is 4.39 Å². The van der Waals surface area contributed by atoms with Crippen molar-refractivity contribution in [2.24, 2.45) is 0 Å². The fourth-order valence-corrected chi connectivity index (χ4v) is 0.847. The Kier molecular flexibility index (Phi) is 14.4. The molecule has 15 heavy (non-hydrogen) atoms. The Bertz CT molecular complexity index is 229. The van der Waals surface area contributed by atoms with Crippen LogP contribution in [0.25, 0.3) is 0 Å². The molecule has 0 saturated heterocycles. The molecule has 1 rings (SSSR count). The maximum Gasteiger partial charge on any atom is 0.123 e. The third kappa shape index (κ3) is 9.38. The van der Waals surface area contributed by atoms with E-state index in [4.69, 9.17) is 5.11 Å². The third-order valence-corrected chi connectivity index (χ3v) is 1.33. The monoisotopic (exact) mass is 215 g/mol. The number of hydrogen-bond acceptors (Lipinski definition) is 2. The largest absolute Gasteiger partial charge is 0.381 e. The molecule has 2 N–H and O–H groups in total. The molecule has 0 aliphatic carbocycles. The molecule has 0 unspecified atom stereocenters. The molecular formula is C12H22FNO. The summed E-state index contributed by atoms with van der Waals surface area (Å²) in [7, 11) is 0. The Morgan fingerprint density at radius 2 is 1.80 bits per heavy atom. The fraction of sp³-hybridized carbons (Fsp3) is 0.500. The van der Waals surface area contributed by atoms with Crippen LogP contribution >= 0.6 is 0 Å². The minimum absolute atomic E-state index is 0.0868. The maximum absolute atomic E-state index is 12.5. The molecule has 0 aromatic heterocycles. The van der Waals surface area contributed by atoms with Gasteiger partial charge in [0.25, 0.3) is 0 Å². The van der Waals surface area contributed by atoms with Gasteiger partial charge in [-0.1, -0.05) is 39.8 Å². The molecule has 0 aliphatic heterocycles.